The lowest BCUT2D eigenvalue weighted by Crippen LogP contribution is -2.22. The third-order valence-corrected chi connectivity index (χ3v) is 4.60. The van der Waals surface area contributed by atoms with Gasteiger partial charge in [-0.3, -0.25) is 4.98 Å². The number of nitrogens with zero attached hydrogens (tertiary/aromatic N) is 4. The minimum absolute atomic E-state index is 0.107. The number of aryl methyl sites for hydroxylation is 3. The molecule has 0 N–H and O–H groups in total. The molecule has 0 radical (unpaired) electrons. The maximum absolute atomic E-state index is 13.0. The van der Waals surface area contributed by atoms with Crippen molar-refractivity contribution in [2.24, 2.45) is 0 Å². The number of benzene rings is 1. The van der Waals surface area contributed by atoms with Crippen LogP contribution in [0.25, 0.3) is 16.6 Å². The number of hydrogen-bond donors (Lipinski definition) is 0. The molecule has 3 aromatic heterocycles. The molecule has 5 heteroatoms. The first kappa shape index (κ1) is 14.6. The van der Waals surface area contributed by atoms with Gasteiger partial charge in [-0.05, 0) is 66.6 Å². The number of rotatable bonds is 2. The quantitative estimate of drug-likeness (QED) is 0.571. The molecule has 120 valence electrons. The Morgan fingerprint density at radius 2 is 1.75 bits per heavy atom. The number of fused-ring (bicyclic) bond motifs is 3. The second kappa shape index (κ2) is 5.30. The summed E-state index contributed by atoms with van der Waals surface area (Å²) >= 11 is 0. The molecule has 24 heavy (non-hydrogen) atoms. The third kappa shape index (κ3) is 2.12. The van der Waals surface area contributed by atoms with Crippen LogP contribution in [-0.2, 0) is 6.54 Å². The summed E-state index contributed by atoms with van der Waals surface area (Å²) in [7, 11) is 0. The van der Waals surface area contributed by atoms with Gasteiger partial charge >= 0.3 is 5.69 Å². The molecule has 0 saturated heterocycles. The molecule has 4 rings (SSSR count). The Hall–Kier alpha value is -2.95. The van der Waals surface area contributed by atoms with Crippen LogP contribution < -0.4 is 5.69 Å². The molecular formula is C19H18N4O. The van der Waals surface area contributed by atoms with E-state index in [4.69, 9.17) is 0 Å². The Bertz CT molecular complexity index is 1120. The fraction of sp³-hybridized carbons (Fsp3) is 0.211. The summed E-state index contributed by atoms with van der Waals surface area (Å²) in [5.41, 5.74) is 5.84. The van der Waals surface area contributed by atoms with Gasteiger partial charge in [-0.1, -0.05) is 12.1 Å². The zero-order valence-corrected chi connectivity index (χ0v) is 13.9. The van der Waals surface area contributed by atoms with E-state index in [0.29, 0.717) is 6.54 Å². The zero-order valence-electron chi connectivity index (χ0n) is 13.9. The van der Waals surface area contributed by atoms with Gasteiger partial charge in [0.2, 0.25) is 0 Å². The van der Waals surface area contributed by atoms with E-state index < -0.39 is 0 Å². The highest BCUT2D eigenvalue weighted by atomic mass is 16.2. The van der Waals surface area contributed by atoms with Crippen LogP contribution in [0.1, 0.15) is 22.3 Å². The molecule has 0 saturated carbocycles. The van der Waals surface area contributed by atoms with E-state index in [1.165, 1.54) is 10.2 Å². The van der Waals surface area contributed by atoms with Gasteiger partial charge in [0.25, 0.3) is 0 Å². The predicted molar refractivity (Wildman–Crippen MR) is 94.5 cm³/mol. The van der Waals surface area contributed by atoms with Gasteiger partial charge in [-0.15, -0.1) is 5.10 Å². The predicted octanol–water partition coefficient (Wildman–Crippen LogP) is 3.02. The standard InChI is InChI=1S/C19H18N4O/c1-12-4-5-16-10-13(2)18-21-22(11-15-6-8-20-9-7-15)19(24)23(18)17(16)14(12)3/h4-10H,11H2,1-3H3. The van der Waals surface area contributed by atoms with E-state index in [9.17, 15) is 4.79 Å². The summed E-state index contributed by atoms with van der Waals surface area (Å²) in [6.45, 7) is 6.55. The van der Waals surface area contributed by atoms with Crippen LogP contribution >= 0.6 is 0 Å². The van der Waals surface area contributed by atoms with Gasteiger partial charge < -0.3 is 0 Å². The molecule has 3 heterocycles. The van der Waals surface area contributed by atoms with Crippen LogP contribution in [0.15, 0.2) is 47.5 Å². The molecule has 0 unspecified atom stereocenters. The molecule has 0 aliphatic rings. The molecule has 0 aliphatic carbocycles. The first-order valence-electron chi connectivity index (χ1n) is 7.94. The number of hydrogen-bond acceptors (Lipinski definition) is 3. The average molecular weight is 318 g/mol. The van der Waals surface area contributed by atoms with Crippen LogP contribution in [0, 0.1) is 20.8 Å². The van der Waals surface area contributed by atoms with Crippen molar-refractivity contribution < 1.29 is 0 Å². The maximum Gasteiger partial charge on any atom is 0.351 e. The van der Waals surface area contributed by atoms with Gasteiger partial charge in [0.15, 0.2) is 5.65 Å². The molecule has 0 spiro atoms. The van der Waals surface area contributed by atoms with E-state index >= 15 is 0 Å². The number of aromatic nitrogens is 4. The van der Waals surface area contributed by atoms with Gasteiger partial charge in [-0.25, -0.2) is 13.9 Å². The summed E-state index contributed by atoms with van der Waals surface area (Å²) in [6, 6.07) is 10.1. The summed E-state index contributed by atoms with van der Waals surface area (Å²) in [5, 5.41) is 5.64. The molecule has 0 fully saturated rings. The highest BCUT2D eigenvalue weighted by Crippen LogP contribution is 2.24. The topological polar surface area (TPSA) is 52.2 Å². The fourth-order valence-corrected chi connectivity index (χ4v) is 3.16. The highest BCUT2D eigenvalue weighted by Gasteiger charge is 2.15. The van der Waals surface area contributed by atoms with E-state index in [0.717, 1.165) is 33.2 Å². The summed E-state index contributed by atoms with van der Waals surface area (Å²) in [5.74, 6) is 0. The fourth-order valence-electron chi connectivity index (χ4n) is 3.16. The molecule has 0 atom stereocenters. The van der Waals surface area contributed by atoms with Crippen LogP contribution in [0.4, 0.5) is 0 Å². The maximum atomic E-state index is 13.0. The van der Waals surface area contributed by atoms with Crippen molar-refractivity contribution >= 4 is 16.6 Å². The molecule has 4 aromatic rings. The van der Waals surface area contributed by atoms with Gasteiger partial charge in [0, 0.05) is 12.4 Å². The first-order chi connectivity index (χ1) is 11.6. The summed E-state index contributed by atoms with van der Waals surface area (Å²) in [4.78, 5) is 17.0. The second-order valence-corrected chi connectivity index (χ2v) is 6.23. The first-order valence-corrected chi connectivity index (χ1v) is 7.94. The normalized spacial score (nSPS) is 11.5. The van der Waals surface area contributed by atoms with E-state index in [-0.39, 0.29) is 5.69 Å². The van der Waals surface area contributed by atoms with Gasteiger partial charge in [-0.2, -0.15) is 0 Å². The van der Waals surface area contributed by atoms with Crippen LogP contribution in [0.2, 0.25) is 0 Å². The van der Waals surface area contributed by atoms with Crippen LogP contribution in [0.3, 0.4) is 0 Å². The SMILES string of the molecule is Cc1ccc2cc(C)c3nn(Cc4ccncc4)c(=O)n3c2c1C. The monoisotopic (exact) mass is 318 g/mol. The second-order valence-electron chi connectivity index (χ2n) is 6.23. The Kier molecular flexibility index (Phi) is 3.23. The van der Waals surface area contributed by atoms with Crippen LogP contribution in [0.5, 0.6) is 0 Å². The van der Waals surface area contributed by atoms with Crippen molar-refractivity contribution in [2.45, 2.75) is 27.3 Å². The minimum atomic E-state index is -0.107. The smallest absolute Gasteiger partial charge is 0.265 e. The zero-order chi connectivity index (χ0) is 16.8. The van der Waals surface area contributed by atoms with Crippen LogP contribution in [-0.4, -0.2) is 19.2 Å². The molecule has 0 bridgehead atoms. The van der Waals surface area contributed by atoms with Crippen molar-refractivity contribution in [3.05, 3.63) is 75.5 Å². The number of pyridine rings is 2. The Labute approximate surface area is 139 Å². The summed E-state index contributed by atoms with van der Waals surface area (Å²) in [6.07, 6.45) is 3.45. The van der Waals surface area contributed by atoms with E-state index in [1.807, 2.05) is 19.1 Å². The van der Waals surface area contributed by atoms with Gasteiger partial charge in [0.1, 0.15) is 0 Å². The molecule has 0 aliphatic heterocycles. The van der Waals surface area contributed by atoms with E-state index in [2.05, 4.69) is 42.1 Å². The van der Waals surface area contributed by atoms with Gasteiger partial charge in [0.05, 0.1) is 12.1 Å². The molecule has 1 aromatic carbocycles. The lowest BCUT2D eigenvalue weighted by molar-refractivity contribution is 0.659. The molecule has 5 nitrogen and oxygen atoms in total. The Morgan fingerprint density at radius 3 is 2.50 bits per heavy atom. The average Bonchev–Trinajstić information content (AvgIpc) is 2.90. The summed E-state index contributed by atoms with van der Waals surface area (Å²) < 4.78 is 3.27. The largest absolute Gasteiger partial charge is 0.351 e. The van der Waals surface area contributed by atoms with Crippen molar-refractivity contribution in [2.75, 3.05) is 0 Å². The van der Waals surface area contributed by atoms with E-state index in [1.54, 1.807) is 16.8 Å². The van der Waals surface area contributed by atoms with Crippen molar-refractivity contribution in [3.8, 4) is 0 Å². The van der Waals surface area contributed by atoms with Crippen molar-refractivity contribution in [1.82, 2.24) is 19.2 Å². The Morgan fingerprint density at radius 1 is 1.00 bits per heavy atom. The highest BCUT2D eigenvalue weighted by molar-refractivity contribution is 5.86. The molecular weight excluding hydrogens is 300 g/mol. The minimum Gasteiger partial charge on any atom is -0.265 e. The van der Waals surface area contributed by atoms with Crippen molar-refractivity contribution in [1.29, 1.82) is 0 Å². The lowest BCUT2D eigenvalue weighted by Gasteiger charge is -2.08. The van der Waals surface area contributed by atoms with Crippen molar-refractivity contribution in [3.63, 3.8) is 0 Å². The Balaban J connectivity index is 2.04. The third-order valence-electron chi connectivity index (χ3n) is 4.60. The molecule has 0 amide bonds. The lowest BCUT2D eigenvalue weighted by atomic mass is 10.0.